The smallest absolute Gasteiger partial charge is 0.230 e. The minimum Gasteiger partial charge on any atom is -0.349 e. The standard InChI is InChI=1S/C20H20ClN3OS/c1-14-7-3-6-10-18(14)24-12-11-22-20(24)26-13-19(25)23-15(2)16-8-4-5-9-17(16)21/h3-12,15H,13H2,1-2H3,(H,23,25). The summed E-state index contributed by atoms with van der Waals surface area (Å²) in [4.78, 5) is 16.7. The number of nitrogens with zero attached hydrogens (tertiary/aromatic N) is 2. The molecule has 0 aliphatic heterocycles. The highest BCUT2D eigenvalue weighted by atomic mass is 35.5. The van der Waals surface area contributed by atoms with Crippen molar-refractivity contribution < 1.29 is 4.79 Å². The maximum absolute atomic E-state index is 12.3. The molecule has 1 aromatic heterocycles. The first kappa shape index (κ1) is 18.5. The van der Waals surface area contributed by atoms with Crippen LogP contribution in [0.4, 0.5) is 0 Å². The fourth-order valence-electron chi connectivity index (χ4n) is 2.73. The molecule has 6 heteroatoms. The van der Waals surface area contributed by atoms with Crippen LogP contribution < -0.4 is 5.32 Å². The van der Waals surface area contributed by atoms with Gasteiger partial charge in [-0.2, -0.15) is 0 Å². The van der Waals surface area contributed by atoms with Crippen molar-refractivity contribution in [3.63, 3.8) is 0 Å². The van der Waals surface area contributed by atoms with Gasteiger partial charge in [-0.1, -0.05) is 59.8 Å². The normalized spacial score (nSPS) is 12.0. The van der Waals surface area contributed by atoms with Crippen molar-refractivity contribution in [3.8, 4) is 5.69 Å². The molecule has 0 spiro atoms. The van der Waals surface area contributed by atoms with Crippen LogP contribution in [-0.2, 0) is 4.79 Å². The van der Waals surface area contributed by atoms with Crippen molar-refractivity contribution in [2.24, 2.45) is 0 Å². The lowest BCUT2D eigenvalue weighted by Gasteiger charge is -2.15. The van der Waals surface area contributed by atoms with E-state index in [0.29, 0.717) is 5.02 Å². The first-order valence-corrected chi connectivity index (χ1v) is 9.68. The van der Waals surface area contributed by atoms with Crippen LogP contribution in [0.2, 0.25) is 5.02 Å². The molecule has 0 aliphatic rings. The SMILES string of the molecule is Cc1ccccc1-n1ccnc1SCC(=O)NC(C)c1ccccc1Cl. The van der Waals surface area contributed by atoms with E-state index >= 15 is 0 Å². The number of para-hydroxylation sites is 1. The number of halogens is 1. The largest absolute Gasteiger partial charge is 0.349 e. The molecule has 1 N–H and O–H groups in total. The molecular weight excluding hydrogens is 366 g/mol. The molecule has 26 heavy (non-hydrogen) atoms. The predicted octanol–water partition coefficient (Wildman–Crippen LogP) is 4.80. The van der Waals surface area contributed by atoms with Crippen LogP contribution in [-0.4, -0.2) is 21.2 Å². The zero-order valence-corrected chi connectivity index (χ0v) is 16.2. The Morgan fingerprint density at radius 2 is 1.96 bits per heavy atom. The second-order valence-electron chi connectivity index (χ2n) is 5.97. The molecule has 3 rings (SSSR count). The Balaban J connectivity index is 1.63. The average Bonchev–Trinajstić information content (AvgIpc) is 3.09. The zero-order chi connectivity index (χ0) is 18.5. The van der Waals surface area contributed by atoms with E-state index in [4.69, 9.17) is 11.6 Å². The topological polar surface area (TPSA) is 46.9 Å². The zero-order valence-electron chi connectivity index (χ0n) is 14.6. The highest BCUT2D eigenvalue weighted by molar-refractivity contribution is 7.99. The van der Waals surface area contributed by atoms with Gasteiger partial charge in [0, 0.05) is 17.4 Å². The van der Waals surface area contributed by atoms with Crippen LogP contribution in [0.15, 0.2) is 66.1 Å². The first-order chi connectivity index (χ1) is 12.6. The highest BCUT2D eigenvalue weighted by Crippen LogP contribution is 2.24. The number of imidazole rings is 1. The summed E-state index contributed by atoms with van der Waals surface area (Å²) in [6, 6.07) is 15.5. The van der Waals surface area contributed by atoms with Gasteiger partial charge >= 0.3 is 0 Å². The van der Waals surface area contributed by atoms with Crippen molar-refractivity contribution >= 4 is 29.3 Å². The van der Waals surface area contributed by atoms with Crippen LogP contribution in [0.25, 0.3) is 5.69 Å². The quantitative estimate of drug-likeness (QED) is 0.620. The van der Waals surface area contributed by atoms with Crippen molar-refractivity contribution in [1.82, 2.24) is 14.9 Å². The Morgan fingerprint density at radius 3 is 2.73 bits per heavy atom. The maximum Gasteiger partial charge on any atom is 0.230 e. The maximum atomic E-state index is 12.3. The lowest BCUT2D eigenvalue weighted by molar-refractivity contribution is -0.119. The van der Waals surface area contributed by atoms with Crippen LogP contribution >= 0.6 is 23.4 Å². The van der Waals surface area contributed by atoms with Crippen molar-refractivity contribution in [2.45, 2.75) is 25.0 Å². The summed E-state index contributed by atoms with van der Waals surface area (Å²) in [7, 11) is 0. The van der Waals surface area contributed by atoms with Gasteiger partial charge in [0.25, 0.3) is 0 Å². The molecular formula is C20H20ClN3OS. The molecule has 0 fully saturated rings. The van der Waals surface area contributed by atoms with Crippen molar-refractivity contribution in [1.29, 1.82) is 0 Å². The van der Waals surface area contributed by atoms with E-state index in [1.54, 1.807) is 6.20 Å². The molecule has 1 amide bonds. The monoisotopic (exact) mass is 385 g/mol. The third-order valence-electron chi connectivity index (χ3n) is 4.06. The molecule has 4 nitrogen and oxygen atoms in total. The number of benzene rings is 2. The molecule has 0 radical (unpaired) electrons. The van der Waals surface area contributed by atoms with E-state index in [2.05, 4.69) is 23.3 Å². The van der Waals surface area contributed by atoms with E-state index < -0.39 is 0 Å². The van der Waals surface area contributed by atoms with Gasteiger partial charge in [-0.25, -0.2) is 4.98 Å². The number of hydrogen-bond donors (Lipinski definition) is 1. The molecule has 0 saturated carbocycles. The Hall–Kier alpha value is -2.24. The third-order valence-corrected chi connectivity index (χ3v) is 5.37. The van der Waals surface area contributed by atoms with E-state index in [9.17, 15) is 4.79 Å². The van der Waals surface area contributed by atoms with Crippen molar-refractivity contribution in [3.05, 3.63) is 77.1 Å². The molecule has 134 valence electrons. The number of carbonyl (C=O) groups is 1. The molecule has 1 unspecified atom stereocenters. The molecule has 3 aromatic rings. The van der Waals surface area contributed by atoms with Gasteiger partial charge in [-0.05, 0) is 37.1 Å². The Labute approximate surface area is 162 Å². The van der Waals surface area contributed by atoms with Gasteiger partial charge in [0.15, 0.2) is 5.16 Å². The molecule has 1 heterocycles. The Bertz CT molecular complexity index is 909. The van der Waals surface area contributed by atoms with E-state index in [1.165, 1.54) is 11.8 Å². The van der Waals surface area contributed by atoms with Crippen LogP contribution in [0.5, 0.6) is 0 Å². The number of nitrogens with one attached hydrogen (secondary N) is 1. The lowest BCUT2D eigenvalue weighted by atomic mass is 10.1. The number of aromatic nitrogens is 2. The lowest BCUT2D eigenvalue weighted by Crippen LogP contribution is -2.28. The first-order valence-electron chi connectivity index (χ1n) is 8.32. The van der Waals surface area contributed by atoms with E-state index in [-0.39, 0.29) is 17.7 Å². The van der Waals surface area contributed by atoms with Gasteiger partial charge in [0.05, 0.1) is 17.5 Å². The van der Waals surface area contributed by atoms with Crippen LogP contribution in [0, 0.1) is 6.92 Å². The number of amides is 1. The summed E-state index contributed by atoms with van der Waals surface area (Å²) in [5.74, 6) is 0.235. The van der Waals surface area contributed by atoms with Crippen LogP contribution in [0.1, 0.15) is 24.1 Å². The summed E-state index contributed by atoms with van der Waals surface area (Å²) in [6.45, 7) is 3.99. The Morgan fingerprint density at radius 1 is 1.23 bits per heavy atom. The second kappa shape index (κ2) is 8.43. The van der Waals surface area contributed by atoms with Crippen LogP contribution in [0.3, 0.4) is 0 Å². The summed E-state index contributed by atoms with van der Waals surface area (Å²) < 4.78 is 2.00. The average molecular weight is 386 g/mol. The highest BCUT2D eigenvalue weighted by Gasteiger charge is 2.14. The predicted molar refractivity (Wildman–Crippen MR) is 107 cm³/mol. The number of aryl methyl sites for hydroxylation is 1. The van der Waals surface area contributed by atoms with Gasteiger partial charge in [0.1, 0.15) is 0 Å². The minimum absolute atomic E-state index is 0.0539. The number of hydrogen-bond acceptors (Lipinski definition) is 3. The van der Waals surface area contributed by atoms with Gasteiger partial charge < -0.3 is 5.32 Å². The van der Waals surface area contributed by atoms with Crippen molar-refractivity contribution in [2.75, 3.05) is 5.75 Å². The molecule has 0 aliphatic carbocycles. The fraction of sp³-hybridized carbons (Fsp3) is 0.200. The Kier molecular flexibility index (Phi) is 6.01. The fourth-order valence-corrected chi connectivity index (χ4v) is 3.81. The van der Waals surface area contributed by atoms with Gasteiger partial charge in [-0.3, -0.25) is 9.36 Å². The number of thioether (sulfide) groups is 1. The minimum atomic E-state index is -0.145. The third kappa shape index (κ3) is 4.29. The van der Waals surface area contributed by atoms with E-state index in [1.807, 2.05) is 60.2 Å². The van der Waals surface area contributed by atoms with E-state index in [0.717, 1.165) is 22.0 Å². The summed E-state index contributed by atoms with van der Waals surface area (Å²) in [6.07, 6.45) is 3.66. The van der Waals surface area contributed by atoms with Gasteiger partial charge in [0.2, 0.25) is 5.91 Å². The van der Waals surface area contributed by atoms with Gasteiger partial charge in [-0.15, -0.1) is 0 Å². The number of rotatable bonds is 6. The summed E-state index contributed by atoms with van der Waals surface area (Å²) in [5, 5.41) is 4.44. The molecule has 0 saturated heterocycles. The second-order valence-corrected chi connectivity index (χ2v) is 7.32. The molecule has 1 atom stereocenters. The summed E-state index contributed by atoms with van der Waals surface area (Å²) in [5.41, 5.74) is 3.13. The summed E-state index contributed by atoms with van der Waals surface area (Å²) >= 11 is 7.61. The number of carbonyl (C=O) groups excluding carboxylic acids is 1. The molecule has 0 bridgehead atoms. The molecule has 2 aromatic carbocycles.